The third-order valence-electron chi connectivity index (χ3n) is 9.81. The van der Waals surface area contributed by atoms with E-state index in [0.29, 0.717) is 11.8 Å². The van der Waals surface area contributed by atoms with Gasteiger partial charge in [-0.05, 0) is 81.5 Å². The molecule has 0 aliphatic heterocycles. The summed E-state index contributed by atoms with van der Waals surface area (Å²) in [6.07, 6.45) is 23.0. The molecule has 4 nitrogen and oxygen atoms in total. The zero-order valence-electron chi connectivity index (χ0n) is 21.2. The summed E-state index contributed by atoms with van der Waals surface area (Å²) in [6, 6.07) is 0. The lowest BCUT2D eigenvalue weighted by molar-refractivity contribution is -0.178. The van der Waals surface area contributed by atoms with E-state index >= 15 is 0 Å². The fourth-order valence-electron chi connectivity index (χ4n) is 8.30. The van der Waals surface area contributed by atoms with E-state index in [0.717, 1.165) is 64.2 Å². The van der Waals surface area contributed by atoms with Gasteiger partial charge in [0.05, 0.1) is 18.9 Å². The van der Waals surface area contributed by atoms with Gasteiger partial charge in [0.25, 0.3) is 0 Å². The van der Waals surface area contributed by atoms with Gasteiger partial charge in [-0.3, -0.25) is 9.59 Å². The van der Waals surface area contributed by atoms with Crippen LogP contribution in [-0.2, 0) is 19.1 Å². The Labute approximate surface area is 201 Å². The van der Waals surface area contributed by atoms with Crippen molar-refractivity contribution in [1.29, 1.82) is 0 Å². The van der Waals surface area contributed by atoms with Crippen molar-refractivity contribution in [2.45, 2.75) is 135 Å². The fraction of sp³-hybridized carbons (Fsp3) is 0.931. The highest BCUT2D eigenvalue weighted by Gasteiger charge is 2.57. The van der Waals surface area contributed by atoms with Crippen LogP contribution < -0.4 is 0 Å². The van der Waals surface area contributed by atoms with Crippen LogP contribution in [0, 0.1) is 29.1 Å². The molecular weight excluding hydrogens is 412 g/mol. The molecule has 0 heterocycles. The SMILES string of the molecule is COC(=O)C(C1CCCCC1)C1(C(C(=O)OC2CCCCC2)C2CCCCC2)CCCCC1. The zero-order chi connectivity index (χ0) is 23.1. The Kier molecular flexibility index (Phi) is 9.16. The predicted molar refractivity (Wildman–Crippen MR) is 131 cm³/mol. The molecule has 188 valence electrons. The van der Waals surface area contributed by atoms with Gasteiger partial charge in [0, 0.05) is 0 Å². The second-order valence-electron chi connectivity index (χ2n) is 11.8. The molecule has 33 heavy (non-hydrogen) atoms. The summed E-state index contributed by atoms with van der Waals surface area (Å²) in [7, 11) is 1.56. The number of methoxy groups -OCH3 is 1. The highest BCUT2D eigenvalue weighted by atomic mass is 16.5. The van der Waals surface area contributed by atoms with Crippen LogP contribution in [0.4, 0.5) is 0 Å². The first-order chi connectivity index (χ1) is 16.2. The number of carbonyl (C=O) groups is 2. The molecule has 2 unspecified atom stereocenters. The van der Waals surface area contributed by atoms with E-state index in [-0.39, 0.29) is 35.3 Å². The molecule has 4 rings (SSSR count). The zero-order valence-corrected chi connectivity index (χ0v) is 21.2. The van der Waals surface area contributed by atoms with Crippen LogP contribution in [0.15, 0.2) is 0 Å². The lowest BCUT2D eigenvalue weighted by Crippen LogP contribution is -2.53. The van der Waals surface area contributed by atoms with Crippen molar-refractivity contribution in [3.8, 4) is 0 Å². The standard InChI is InChI=1S/C29H48O4/c1-32-27(30)25(22-14-6-2-7-15-22)29(20-12-5-13-21-29)26(23-16-8-3-9-17-23)28(31)33-24-18-10-4-11-19-24/h22-26H,2-21H2,1H3. The molecule has 4 heteroatoms. The average Bonchev–Trinajstić information content (AvgIpc) is 2.86. The first-order valence-corrected chi connectivity index (χ1v) is 14.4. The number of ether oxygens (including phenoxy) is 2. The van der Waals surface area contributed by atoms with E-state index in [4.69, 9.17) is 9.47 Å². The highest BCUT2D eigenvalue weighted by Crippen LogP contribution is 2.57. The Hall–Kier alpha value is -1.06. The molecular formula is C29H48O4. The normalized spacial score (nSPS) is 27.4. The van der Waals surface area contributed by atoms with Gasteiger partial charge in [-0.15, -0.1) is 0 Å². The van der Waals surface area contributed by atoms with E-state index in [9.17, 15) is 9.59 Å². The van der Waals surface area contributed by atoms with E-state index in [1.165, 1.54) is 64.2 Å². The smallest absolute Gasteiger partial charge is 0.310 e. The van der Waals surface area contributed by atoms with Gasteiger partial charge in [-0.1, -0.05) is 64.2 Å². The van der Waals surface area contributed by atoms with Crippen molar-refractivity contribution in [3.05, 3.63) is 0 Å². The van der Waals surface area contributed by atoms with Gasteiger partial charge in [-0.2, -0.15) is 0 Å². The topological polar surface area (TPSA) is 52.6 Å². The molecule has 0 aromatic rings. The number of hydrogen-bond donors (Lipinski definition) is 0. The summed E-state index contributed by atoms with van der Waals surface area (Å²) < 4.78 is 11.9. The third kappa shape index (κ3) is 5.78. The average molecular weight is 461 g/mol. The molecule has 4 aliphatic carbocycles. The summed E-state index contributed by atoms with van der Waals surface area (Å²) in [4.78, 5) is 27.7. The van der Waals surface area contributed by atoms with E-state index < -0.39 is 0 Å². The third-order valence-corrected chi connectivity index (χ3v) is 9.81. The van der Waals surface area contributed by atoms with Crippen LogP contribution in [0.25, 0.3) is 0 Å². The molecule has 0 aromatic heterocycles. The Morgan fingerprint density at radius 1 is 0.606 bits per heavy atom. The van der Waals surface area contributed by atoms with Gasteiger partial charge >= 0.3 is 11.9 Å². The molecule has 4 aliphatic rings. The first-order valence-electron chi connectivity index (χ1n) is 14.4. The molecule has 4 fully saturated rings. The largest absolute Gasteiger partial charge is 0.469 e. The number of carbonyl (C=O) groups excluding carboxylic acids is 2. The van der Waals surface area contributed by atoms with Gasteiger partial charge in [0.15, 0.2) is 0 Å². The maximum Gasteiger partial charge on any atom is 0.310 e. The maximum atomic E-state index is 14.1. The minimum absolute atomic E-state index is 0.0420. The van der Waals surface area contributed by atoms with Crippen LogP contribution in [0.2, 0.25) is 0 Å². The van der Waals surface area contributed by atoms with Gasteiger partial charge in [-0.25, -0.2) is 0 Å². The van der Waals surface area contributed by atoms with Crippen LogP contribution in [0.1, 0.15) is 128 Å². The van der Waals surface area contributed by atoms with Gasteiger partial charge in [0.2, 0.25) is 0 Å². The van der Waals surface area contributed by atoms with E-state index in [2.05, 4.69) is 0 Å². The van der Waals surface area contributed by atoms with Crippen molar-refractivity contribution < 1.29 is 19.1 Å². The van der Waals surface area contributed by atoms with Crippen molar-refractivity contribution in [2.75, 3.05) is 7.11 Å². The molecule has 0 amide bonds. The summed E-state index contributed by atoms with van der Waals surface area (Å²) >= 11 is 0. The number of esters is 2. The fourth-order valence-corrected chi connectivity index (χ4v) is 8.30. The van der Waals surface area contributed by atoms with E-state index in [1.54, 1.807) is 7.11 Å². The number of rotatable bonds is 7. The van der Waals surface area contributed by atoms with Crippen LogP contribution in [-0.4, -0.2) is 25.2 Å². The van der Waals surface area contributed by atoms with Crippen molar-refractivity contribution >= 4 is 11.9 Å². The highest BCUT2D eigenvalue weighted by molar-refractivity contribution is 5.78. The quantitative estimate of drug-likeness (QED) is 0.372. The number of hydrogen-bond acceptors (Lipinski definition) is 4. The van der Waals surface area contributed by atoms with E-state index in [1.807, 2.05) is 0 Å². The molecule has 0 aromatic carbocycles. The van der Waals surface area contributed by atoms with Gasteiger partial charge < -0.3 is 9.47 Å². The van der Waals surface area contributed by atoms with Crippen molar-refractivity contribution in [3.63, 3.8) is 0 Å². The molecule has 0 radical (unpaired) electrons. The maximum absolute atomic E-state index is 14.1. The molecule has 0 saturated heterocycles. The Balaban J connectivity index is 1.70. The summed E-state index contributed by atoms with van der Waals surface area (Å²) in [5, 5.41) is 0. The van der Waals surface area contributed by atoms with Crippen molar-refractivity contribution in [2.24, 2.45) is 29.1 Å². The second-order valence-corrected chi connectivity index (χ2v) is 11.8. The molecule has 0 bridgehead atoms. The van der Waals surface area contributed by atoms with Crippen LogP contribution in [0.5, 0.6) is 0 Å². The lowest BCUT2D eigenvalue weighted by atomic mass is 9.51. The minimum Gasteiger partial charge on any atom is -0.469 e. The Morgan fingerprint density at radius 2 is 1.03 bits per heavy atom. The predicted octanol–water partition coefficient (Wildman–Crippen LogP) is 7.38. The first kappa shape index (κ1) is 25.0. The monoisotopic (exact) mass is 460 g/mol. The Morgan fingerprint density at radius 3 is 1.52 bits per heavy atom. The minimum atomic E-state index is -0.277. The lowest BCUT2D eigenvalue weighted by Gasteiger charge is -2.52. The van der Waals surface area contributed by atoms with Crippen LogP contribution >= 0.6 is 0 Å². The summed E-state index contributed by atoms with van der Waals surface area (Å²) in [6.45, 7) is 0. The summed E-state index contributed by atoms with van der Waals surface area (Å²) in [5.41, 5.74) is -0.277. The second kappa shape index (κ2) is 12.1. The van der Waals surface area contributed by atoms with Gasteiger partial charge in [0.1, 0.15) is 6.10 Å². The van der Waals surface area contributed by atoms with Crippen molar-refractivity contribution in [1.82, 2.24) is 0 Å². The Bertz CT molecular complexity index is 620. The molecule has 0 N–H and O–H groups in total. The molecule has 2 atom stereocenters. The van der Waals surface area contributed by atoms with Crippen LogP contribution in [0.3, 0.4) is 0 Å². The molecule has 0 spiro atoms. The molecule has 4 saturated carbocycles. The summed E-state index contributed by atoms with van der Waals surface area (Å²) in [5.74, 6) is 0.442.